The topological polar surface area (TPSA) is 94.1 Å². The molecule has 0 radical (unpaired) electrons. The van der Waals surface area contributed by atoms with E-state index < -0.39 is 18.4 Å². The fraction of sp³-hybridized carbons (Fsp3) is 0.333. The summed E-state index contributed by atoms with van der Waals surface area (Å²) in [6.45, 7) is 3.57. The number of anilines is 1. The lowest BCUT2D eigenvalue weighted by atomic mass is 10.2. The molecule has 10 heteroatoms. The van der Waals surface area contributed by atoms with Crippen molar-refractivity contribution in [3.05, 3.63) is 58.1 Å². The number of nitrogens with zero attached hydrogens (tertiary/aromatic N) is 2. The van der Waals surface area contributed by atoms with Crippen molar-refractivity contribution in [3.8, 4) is 5.75 Å². The van der Waals surface area contributed by atoms with Crippen molar-refractivity contribution in [3.63, 3.8) is 0 Å². The van der Waals surface area contributed by atoms with Crippen LogP contribution in [0, 0.1) is 0 Å². The number of carbonyl (C=O) groups is 2. The van der Waals surface area contributed by atoms with E-state index in [1.165, 1.54) is 4.90 Å². The zero-order valence-corrected chi connectivity index (χ0v) is 18.7. The molecule has 1 saturated heterocycles. The minimum absolute atomic E-state index is 0.0288. The Morgan fingerprint density at radius 2 is 1.87 bits per heavy atom. The van der Waals surface area contributed by atoms with Gasteiger partial charge in [0, 0.05) is 10.7 Å². The average Bonchev–Trinajstić information content (AvgIpc) is 2.71. The third-order valence-electron chi connectivity index (χ3n) is 4.48. The number of nitrogens with one attached hydrogen (secondary N) is 2. The lowest BCUT2D eigenvalue weighted by Crippen LogP contribution is -2.67. The van der Waals surface area contributed by atoms with Crippen molar-refractivity contribution in [1.29, 1.82) is 0 Å². The van der Waals surface area contributed by atoms with Crippen molar-refractivity contribution >= 4 is 41.0 Å². The van der Waals surface area contributed by atoms with Crippen molar-refractivity contribution in [2.75, 3.05) is 18.5 Å². The molecule has 0 aromatic heterocycles. The summed E-state index contributed by atoms with van der Waals surface area (Å²) < 4.78 is 5.64. The fourth-order valence-corrected chi connectivity index (χ4v) is 3.43. The Balaban J connectivity index is 1.84. The second-order valence-electron chi connectivity index (χ2n) is 7.22. The summed E-state index contributed by atoms with van der Waals surface area (Å²) >= 11 is 12.3. The van der Waals surface area contributed by atoms with Crippen LogP contribution in [0.1, 0.15) is 19.4 Å². The number of halogens is 2. The molecule has 2 aromatic rings. The molecular weight excluding hydrogens is 443 g/mol. The van der Waals surface area contributed by atoms with Crippen LogP contribution in [0.4, 0.5) is 15.3 Å². The number of aliphatic hydroxyl groups is 1. The molecule has 1 heterocycles. The highest BCUT2D eigenvalue weighted by atomic mass is 35.5. The smallest absolute Gasteiger partial charge is 0.331 e. The van der Waals surface area contributed by atoms with E-state index in [9.17, 15) is 14.7 Å². The first-order valence-electron chi connectivity index (χ1n) is 9.75. The number of hydrogen-bond donors (Lipinski definition) is 3. The van der Waals surface area contributed by atoms with Crippen molar-refractivity contribution in [2.24, 2.45) is 0 Å². The standard InChI is InChI=1S/C21H24Cl2N4O4/c1-13(2)31-18-8-7-16(11-17(18)23)24-19-25-20(29)26(9-10-28)21(30)27(19)12-14-3-5-15(22)6-4-14/h3-8,11,13,19,24,28H,9-10,12H2,1-2H3,(H,25,29). The fourth-order valence-electron chi connectivity index (χ4n) is 3.08. The number of hydrogen-bond acceptors (Lipinski definition) is 5. The number of carbonyl (C=O) groups excluding carboxylic acids is 2. The van der Waals surface area contributed by atoms with Crippen LogP contribution in [0.25, 0.3) is 0 Å². The summed E-state index contributed by atoms with van der Waals surface area (Å²) in [4.78, 5) is 27.9. The van der Waals surface area contributed by atoms with E-state index in [2.05, 4.69) is 10.6 Å². The van der Waals surface area contributed by atoms with Crippen LogP contribution in [0.15, 0.2) is 42.5 Å². The highest BCUT2D eigenvalue weighted by Gasteiger charge is 2.38. The van der Waals surface area contributed by atoms with Gasteiger partial charge in [0.2, 0.25) is 0 Å². The van der Waals surface area contributed by atoms with Gasteiger partial charge in [0.25, 0.3) is 0 Å². The molecule has 0 bridgehead atoms. The Hall–Kier alpha value is -2.68. The van der Waals surface area contributed by atoms with Crippen LogP contribution in [0.2, 0.25) is 10.0 Å². The van der Waals surface area contributed by atoms with Gasteiger partial charge in [-0.3, -0.25) is 10.2 Å². The number of rotatable bonds is 8. The van der Waals surface area contributed by atoms with Gasteiger partial charge in [-0.05, 0) is 49.7 Å². The molecule has 0 aliphatic carbocycles. The van der Waals surface area contributed by atoms with Gasteiger partial charge < -0.3 is 15.2 Å². The van der Waals surface area contributed by atoms with Crippen LogP contribution in [0.5, 0.6) is 5.75 Å². The van der Waals surface area contributed by atoms with Gasteiger partial charge in [0.1, 0.15) is 5.75 Å². The molecule has 3 N–H and O–H groups in total. The minimum atomic E-state index is -0.835. The number of benzene rings is 2. The Morgan fingerprint density at radius 3 is 2.48 bits per heavy atom. The molecule has 8 nitrogen and oxygen atoms in total. The maximum atomic E-state index is 13.0. The number of β-amino-alcohol motifs (C(OH)–C–C–N with tert-alkyl or cyclic N) is 1. The number of ether oxygens (including phenoxy) is 1. The Morgan fingerprint density at radius 1 is 1.16 bits per heavy atom. The van der Waals surface area contributed by atoms with Crippen LogP contribution in [-0.2, 0) is 6.54 Å². The van der Waals surface area contributed by atoms with Gasteiger partial charge >= 0.3 is 12.1 Å². The van der Waals surface area contributed by atoms with Crippen LogP contribution in [0.3, 0.4) is 0 Å². The maximum absolute atomic E-state index is 13.0. The van der Waals surface area contributed by atoms with E-state index in [0.29, 0.717) is 21.5 Å². The zero-order valence-electron chi connectivity index (χ0n) is 17.1. The van der Waals surface area contributed by atoms with Crippen molar-refractivity contribution in [2.45, 2.75) is 32.8 Å². The summed E-state index contributed by atoms with van der Waals surface area (Å²) in [5.74, 6) is 0.540. The maximum Gasteiger partial charge on any atom is 0.331 e. The van der Waals surface area contributed by atoms with Crippen LogP contribution in [-0.4, -0.2) is 52.5 Å². The van der Waals surface area contributed by atoms with E-state index in [4.69, 9.17) is 27.9 Å². The van der Waals surface area contributed by atoms with Gasteiger partial charge in [-0.1, -0.05) is 35.3 Å². The molecular formula is C21H24Cl2N4O4. The number of imide groups is 1. The second-order valence-corrected chi connectivity index (χ2v) is 8.06. The zero-order chi connectivity index (χ0) is 22.5. The van der Waals surface area contributed by atoms with Crippen LogP contribution < -0.4 is 15.4 Å². The largest absolute Gasteiger partial charge is 0.489 e. The molecule has 0 saturated carbocycles. The van der Waals surface area contributed by atoms with Gasteiger partial charge in [0.15, 0.2) is 6.29 Å². The Labute approximate surface area is 190 Å². The molecule has 1 unspecified atom stereocenters. The second kappa shape index (κ2) is 10.1. The highest BCUT2D eigenvalue weighted by molar-refractivity contribution is 6.32. The van der Waals surface area contributed by atoms with E-state index in [1.54, 1.807) is 42.5 Å². The summed E-state index contributed by atoms with van der Waals surface area (Å²) in [7, 11) is 0. The SMILES string of the molecule is CC(C)Oc1ccc(NC2NC(=O)N(CCO)C(=O)N2Cc2ccc(Cl)cc2)cc1Cl. The summed E-state index contributed by atoms with van der Waals surface area (Å²) in [5.41, 5.74) is 1.42. The lowest BCUT2D eigenvalue weighted by molar-refractivity contribution is 0.0992. The molecule has 1 aliphatic rings. The van der Waals surface area contributed by atoms with Gasteiger partial charge in [0.05, 0.1) is 30.8 Å². The minimum Gasteiger partial charge on any atom is -0.489 e. The summed E-state index contributed by atoms with van der Waals surface area (Å²) in [6, 6.07) is 11.1. The summed E-state index contributed by atoms with van der Waals surface area (Å²) in [6.07, 6.45) is -0.863. The van der Waals surface area contributed by atoms with Gasteiger partial charge in [-0.25, -0.2) is 14.5 Å². The normalized spacial score (nSPS) is 16.5. The molecule has 0 spiro atoms. The lowest BCUT2D eigenvalue weighted by Gasteiger charge is -2.41. The first-order valence-corrected chi connectivity index (χ1v) is 10.5. The third kappa shape index (κ3) is 5.72. The third-order valence-corrected chi connectivity index (χ3v) is 5.03. The monoisotopic (exact) mass is 466 g/mol. The number of amides is 4. The molecule has 2 aromatic carbocycles. The van der Waals surface area contributed by atoms with Gasteiger partial charge in [-0.15, -0.1) is 0 Å². The average molecular weight is 467 g/mol. The molecule has 1 fully saturated rings. The quantitative estimate of drug-likeness (QED) is 0.543. The first kappa shape index (κ1) is 23.0. The van der Waals surface area contributed by atoms with E-state index in [0.717, 1.165) is 10.5 Å². The molecule has 1 atom stereocenters. The van der Waals surface area contributed by atoms with Crippen molar-refractivity contribution in [1.82, 2.24) is 15.1 Å². The Bertz CT molecular complexity index is 939. The first-order chi connectivity index (χ1) is 14.8. The highest BCUT2D eigenvalue weighted by Crippen LogP contribution is 2.29. The predicted octanol–water partition coefficient (Wildman–Crippen LogP) is 4.12. The Kier molecular flexibility index (Phi) is 7.48. The number of urea groups is 2. The summed E-state index contributed by atoms with van der Waals surface area (Å²) in [5, 5.41) is 16.1. The molecule has 31 heavy (non-hydrogen) atoms. The molecule has 166 valence electrons. The predicted molar refractivity (Wildman–Crippen MR) is 119 cm³/mol. The molecule has 1 aliphatic heterocycles. The van der Waals surface area contributed by atoms with E-state index in [1.807, 2.05) is 13.8 Å². The molecule has 4 amide bonds. The van der Waals surface area contributed by atoms with Crippen molar-refractivity contribution < 1.29 is 19.4 Å². The van der Waals surface area contributed by atoms with E-state index >= 15 is 0 Å². The molecule has 3 rings (SSSR count). The van der Waals surface area contributed by atoms with E-state index in [-0.39, 0.29) is 25.8 Å². The van der Waals surface area contributed by atoms with Gasteiger partial charge in [-0.2, -0.15) is 0 Å². The van der Waals surface area contributed by atoms with Crippen LogP contribution >= 0.6 is 23.2 Å². The number of aliphatic hydroxyl groups excluding tert-OH is 1.